The van der Waals surface area contributed by atoms with Crippen molar-refractivity contribution < 1.29 is 4.79 Å². The smallest absolute Gasteiger partial charge is 0.224 e. The zero-order valence-corrected chi connectivity index (χ0v) is 10.6. The zero-order valence-electron chi connectivity index (χ0n) is 9.07. The molecule has 2 N–H and O–H groups in total. The summed E-state index contributed by atoms with van der Waals surface area (Å²) in [5.74, 6) is -0.211. The molecule has 88 valence electrons. The quantitative estimate of drug-likeness (QED) is 0.895. The van der Waals surface area contributed by atoms with Gasteiger partial charge in [0.15, 0.2) is 4.47 Å². The van der Waals surface area contributed by atoms with Gasteiger partial charge < -0.3 is 5.73 Å². The van der Waals surface area contributed by atoms with E-state index in [0.717, 1.165) is 30.9 Å². The van der Waals surface area contributed by atoms with Crippen LogP contribution in [0.15, 0.2) is 6.20 Å². The Labute approximate surface area is 103 Å². The Morgan fingerprint density at radius 1 is 1.81 bits per heavy atom. The van der Waals surface area contributed by atoms with Gasteiger partial charge in [-0.15, -0.1) is 11.3 Å². The number of likely N-dealkylation sites (tertiary alicyclic amines) is 1. The van der Waals surface area contributed by atoms with E-state index in [4.69, 9.17) is 17.3 Å². The van der Waals surface area contributed by atoms with Crippen molar-refractivity contribution in [3.8, 4) is 0 Å². The molecule has 0 radical (unpaired) electrons. The molecule has 1 saturated heterocycles. The molecule has 0 aliphatic carbocycles. The number of rotatable bonds is 3. The summed E-state index contributed by atoms with van der Waals surface area (Å²) in [4.78, 5) is 18.6. The van der Waals surface area contributed by atoms with Crippen LogP contribution in [0.4, 0.5) is 0 Å². The van der Waals surface area contributed by atoms with Gasteiger partial charge >= 0.3 is 0 Å². The van der Waals surface area contributed by atoms with E-state index >= 15 is 0 Å². The Balaban J connectivity index is 1.97. The first-order valence-electron chi connectivity index (χ1n) is 5.12. The highest BCUT2D eigenvalue weighted by Gasteiger charge is 2.38. The number of aromatic nitrogens is 1. The van der Waals surface area contributed by atoms with Crippen LogP contribution < -0.4 is 5.73 Å². The highest BCUT2D eigenvalue weighted by atomic mass is 35.5. The summed E-state index contributed by atoms with van der Waals surface area (Å²) in [6.45, 7) is 4.34. The molecule has 6 heteroatoms. The molecular formula is C10H14ClN3OS. The Morgan fingerprint density at radius 2 is 2.56 bits per heavy atom. The van der Waals surface area contributed by atoms with Gasteiger partial charge in [-0.3, -0.25) is 9.69 Å². The number of primary amides is 1. The van der Waals surface area contributed by atoms with E-state index in [9.17, 15) is 4.79 Å². The predicted molar refractivity (Wildman–Crippen MR) is 64.3 cm³/mol. The fourth-order valence-electron chi connectivity index (χ4n) is 1.97. The SMILES string of the molecule is CC1(C(N)=O)CCN(Cc2cnc(Cl)s2)C1. The van der Waals surface area contributed by atoms with Crippen LogP contribution in [-0.2, 0) is 11.3 Å². The van der Waals surface area contributed by atoms with Crippen LogP contribution in [0.3, 0.4) is 0 Å². The summed E-state index contributed by atoms with van der Waals surface area (Å²) in [6.07, 6.45) is 2.61. The first kappa shape index (κ1) is 11.8. The summed E-state index contributed by atoms with van der Waals surface area (Å²) in [7, 11) is 0. The van der Waals surface area contributed by atoms with Crippen molar-refractivity contribution in [2.75, 3.05) is 13.1 Å². The minimum atomic E-state index is -0.380. The second-order valence-corrected chi connectivity index (χ2v) is 6.16. The fraction of sp³-hybridized carbons (Fsp3) is 0.600. The van der Waals surface area contributed by atoms with Gasteiger partial charge in [0.05, 0.1) is 5.41 Å². The van der Waals surface area contributed by atoms with Crippen molar-refractivity contribution in [2.45, 2.75) is 19.9 Å². The maximum Gasteiger partial charge on any atom is 0.224 e. The van der Waals surface area contributed by atoms with Crippen LogP contribution in [-0.4, -0.2) is 28.9 Å². The molecule has 1 fully saturated rings. The summed E-state index contributed by atoms with van der Waals surface area (Å²) in [6, 6.07) is 0. The topological polar surface area (TPSA) is 59.2 Å². The number of hydrogen-bond donors (Lipinski definition) is 1. The molecule has 0 bridgehead atoms. The number of hydrogen-bond acceptors (Lipinski definition) is 4. The Hall–Kier alpha value is -0.650. The number of halogens is 1. The van der Waals surface area contributed by atoms with Crippen LogP contribution in [0.1, 0.15) is 18.2 Å². The van der Waals surface area contributed by atoms with Crippen molar-refractivity contribution in [1.82, 2.24) is 9.88 Å². The summed E-state index contributed by atoms with van der Waals surface area (Å²) in [5.41, 5.74) is 5.01. The molecule has 1 atom stereocenters. The molecule has 1 amide bonds. The average Bonchev–Trinajstić information content (AvgIpc) is 2.75. The number of nitrogens with two attached hydrogens (primary N) is 1. The van der Waals surface area contributed by atoms with Gasteiger partial charge in [-0.2, -0.15) is 0 Å². The standard InChI is InChI=1S/C10H14ClN3OS/c1-10(8(12)15)2-3-14(6-10)5-7-4-13-9(11)16-7/h4H,2-3,5-6H2,1H3,(H2,12,15). The molecule has 2 heterocycles. The highest BCUT2D eigenvalue weighted by molar-refractivity contribution is 7.15. The third kappa shape index (κ3) is 2.36. The molecule has 2 rings (SSSR count). The lowest BCUT2D eigenvalue weighted by atomic mass is 9.89. The Morgan fingerprint density at radius 3 is 3.06 bits per heavy atom. The van der Waals surface area contributed by atoms with Crippen molar-refractivity contribution in [3.05, 3.63) is 15.5 Å². The molecule has 16 heavy (non-hydrogen) atoms. The van der Waals surface area contributed by atoms with E-state index in [1.165, 1.54) is 11.3 Å². The van der Waals surface area contributed by atoms with Gasteiger partial charge in [0.1, 0.15) is 0 Å². The number of thiazole rings is 1. The van der Waals surface area contributed by atoms with Crippen molar-refractivity contribution >= 4 is 28.8 Å². The third-order valence-electron chi connectivity index (χ3n) is 3.05. The number of nitrogens with zero attached hydrogens (tertiary/aromatic N) is 2. The molecule has 1 aromatic rings. The monoisotopic (exact) mass is 259 g/mol. The summed E-state index contributed by atoms with van der Waals surface area (Å²) in [5, 5.41) is 0. The van der Waals surface area contributed by atoms with Crippen LogP contribution in [0.25, 0.3) is 0 Å². The molecule has 1 aliphatic rings. The van der Waals surface area contributed by atoms with Crippen LogP contribution in [0.2, 0.25) is 4.47 Å². The van der Waals surface area contributed by atoms with Gasteiger partial charge in [-0.25, -0.2) is 4.98 Å². The molecule has 1 aliphatic heterocycles. The van der Waals surface area contributed by atoms with Gasteiger partial charge in [0.2, 0.25) is 5.91 Å². The Kier molecular flexibility index (Phi) is 3.19. The zero-order chi connectivity index (χ0) is 11.8. The fourth-order valence-corrected chi connectivity index (χ4v) is 2.99. The van der Waals surface area contributed by atoms with Gasteiger partial charge in [0.25, 0.3) is 0 Å². The van der Waals surface area contributed by atoms with Crippen LogP contribution in [0.5, 0.6) is 0 Å². The summed E-state index contributed by atoms with van der Waals surface area (Å²) >= 11 is 7.25. The van der Waals surface area contributed by atoms with Crippen LogP contribution >= 0.6 is 22.9 Å². The minimum absolute atomic E-state index is 0.211. The van der Waals surface area contributed by atoms with E-state index in [1.807, 2.05) is 6.92 Å². The average molecular weight is 260 g/mol. The molecule has 0 spiro atoms. The lowest BCUT2D eigenvalue weighted by Gasteiger charge is -2.20. The number of amides is 1. The molecule has 1 aromatic heterocycles. The van der Waals surface area contributed by atoms with E-state index in [1.54, 1.807) is 6.20 Å². The first-order valence-corrected chi connectivity index (χ1v) is 6.31. The molecule has 4 nitrogen and oxygen atoms in total. The Bertz CT molecular complexity index is 409. The molecule has 0 aromatic carbocycles. The van der Waals surface area contributed by atoms with Crippen LogP contribution in [0, 0.1) is 5.41 Å². The first-order chi connectivity index (χ1) is 7.49. The van der Waals surface area contributed by atoms with Crippen molar-refractivity contribution in [2.24, 2.45) is 11.1 Å². The lowest BCUT2D eigenvalue weighted by molar-refractivity contribution is -0.126. The van der Waals surface area contributed by atoms with E-state index in [0.29, 0.717) is 4.47 Å². The van der Waals surface area contributed by atoms with Gasteiger partial charge in [-0.1, -0.05) is 11.6 Å². The van der Waals surface area contributed by atoms with Crippen molar-refractivity contribution in [1.29, 1.82) is 0 Å². The molecule has 1 unspecified atom stereocenters. The molecule has 0 saturated carbocycles. The van der Waals surface area contributed by atoms with E-state index in [2.05, 4.69) is 9.88 Å². The third-order valence-corrected chi connectivity index (χ3v) is 4.15. The largest absolute Gasteiger partial charge is 0.369 e. The normalized spacial score (nSPS) is 26.1. The maximum absolute atomic E-state index is 11.3. The number of carbonyl (C=O) groups excluding carboxylic acids is 1. The van der Waals surface area contributed by atoms with E-state index in [-0.39, 0.29) is 11.3 Å². The summed E-state index contributed by atoms with van der Waals surface area (Å²) < 4.78 is 0.562. The van der Waals surface area contributed by atoms with Crippen molar-refractivity contribution in [3.63, 3.8) is 0 Å². The van der Waals surface area contributed by atoms with E-state index < -0.39 is 0 Å². The second-order valence-electron chi connectivity index (χ2n) is 4.47. The van der Waals surface area contributed by atoms with Gasteiger partial charge in [0, 0.05) is 24.2 Å². The lowest BCUT2D eigenvalue weighted by Crippen LogP contribution is -2.36. The highest BCUT2D eigenvalue weighted by Crippen LogP contribution is 2.31. The molecular weight excluding hydrogens is 246 g/mol. The second kappa shape index (κ2) is 4.31. The minimum Gasteiger partial charge on any atom is -0.369 e. The number of carbonyl (C=O) groups is 1. The maximum atomic E-state index is 11.3. The van der Waals surface area contributed by atoms with Gasteiger partial charge in [-0.05, 0) is 19.9 Å². The predicted octanol–water partition coefficient (Wildman–Crippen LogP) is 1.49.